The summed E-state index contributed by atoms with van der Waals surface area (Å²) in [4.78, 5) is 26.6. The second kappa shape index (κ2) is 7.27. The van der Waals surface area contributed by atoms with Gasteiger partial charge in [-0.15, -0.1) is 0 Å². The van der Waals surface area contributed by atoms with E-state index < -0.39 is 23.4 Å². The highest BCUT2D eigenvalue weighted by molar-refractivity contribution is 9.10. The molecule has 26 heavy (non-hydrogen) atoms. The Morgan fingerprint density at radius 1 is 0.808 bits per heavy atom. The lowest BCUT2D eigenvalue weighted by Crippen LogP contribution is -2.43. The van der Waals surface area contributed by atoms with E-state index in [1.807, 2.05) is 24.3 Å². The molecule has 0 heterocycles. The fraction of sp³-hybridized carbons (Fsp3) is 0.400. The largest absolute Gasteiger partial charge is 0.443 e. The Hall–Kier alpha value is -2.08. The first kappa shape index (κ1) is 20.2. The smallest absolute Gasteiger partial charge is 0.424 e. The van der Waals surface area contributed by atoms with Crippen molar-refractivity contribution in [3.63, 3.8) is 0 Å². The van der Waals surface area contributed by atoms with Gasteiger partial charge >= 0.3 is 12.2 Å². The van der Waals surface area contributed by atoms with Gasteiger partial charge in [-0.3, -0.25) is 0 Å². The molecule has 140 valence electrons. The fourth-order valence-electron chi connectivity index (χ4n) is 2.33. The average molecular weight is 422 g/mol. The molecule has 6 heteroatoms. The molecule has 0 radical (unpaired) electrons. The maximum atomic E-state index is 12.8. The molecule has 0 N–H and O–H groups in total. The van der Waals surface area contributed by atoms with Gasteiger partial charge in [-0.25, -0.2) is 9.59 Å². The zero-order chi connectivity index (χ0) is 19.7. The summed E-state index contributed by atoms with van der Waals surface area (Å²) in [5, 5.41) is 1.61. The predicted octanol–water partition coefficient (Wildman–Crippen LogP) is 6.28. The fourth-order valence-corrected chi connectivity index (χ4v) is 2.81. The van der Waals surface area contributed by atoms with Crippen LogP contribution in [0.25, 0.3) is 10.8 Å². The molecular weight excluding hydrogens is 398 g/mol. The second-order valence-corrected chi connectivity index (χ2v) is 8.76. The minimum atomic E-state index is -0.778. The van der Waals surface area contributed by atoms with Gasteiger partial charge in [0.2, 0.25) is 0 Å². The Bertz CT molecular complexity index is 806. The monoisotopic (exact) mass is 421 g/mol. The van der Waals surface area contributed by atoms with Crippen molar-refractivity contribution in [2.75, 3.05) is 4.90 Å². The van der Waals surface area contributed by atoms with Crippen molar-refractivity contribution in [3.05, 3.63) is 40.9 Å². The predicted molar refractivity (Wildman–Crippen MR) is 107 cm³/mol. The third-order valence-electron chi connectivity index (χ3n) is 3.24. The van der Waals surface area contributed by atoms with Crippen LogP contribution < -0.4 is 4.90 Å². The molecule has 2 rings (SSSR count). The molecule has 0 fully saturated rings. The highest BCUT2D eigenvalue weighted by Gasteiger charge is 2.33. The molecule has 0 atom stereocenters. The maximum Gasteiger partial charge on any atom is 0.424 e. The number of ether oxygens (including phenoxy) is 2. The lowest BCUT2D eigenvalue weighted by Gasteiger charge is -2.29. The van der Waals surface area contributed by atoms with E-state index in [-0.39, 0.29) is 0 Å². The number of rotatable bonds is 1. The minimum absolute atomic E-state index is 0.410. The van der Waals surface area contributed by atoms with Gasteiger partial charge in [-0.1, -0.05) is 40.2 Å². The molecule has 2 aromatic carbocycles. The summed E-state index contributed by atoms with van der Waals surface area (Å²) in [5.41, 5.74) is -1.09. The summed E-state index contributed by atoms with van der Waals surface area (Å²) in [6.45, 7) is 10.5. The van der Waals surface area contributed by atoms with E-state index >= 15 is 0 Å². The Kier molecular flexibility index (Phi) is 5.66. The number of amides is 2. The average Bonchev–Trinajstić information content (AvgIpc) is 2.46. The number of halogens is 1. The van der Waals surface area contributed by atoms with Gasteiger partial charge in [0.25, 0.3) is 0 Å². The number of carbonyl (C=O) groups is 2. The first-order valence-corrected chi connectivity index (χ1v) is 9.12. The Labute approximate surface area is 162 Å². The molecule has 2 aromatic rings. The molecule has 2 amide bonds. The summed E-state index contributed by atoms with van der Waals surface area (Å²) >= 11 is 3.50. The number of nitrogens with zero attached hydrogens (tertiary/aromatic N) is 1. The summed E-state index contributed by atoms with van der Waals surface area (Å²) in [6, 6.07) is 11.0. The van der Waals surface area contributed by atoms with Gasteiger partial charge in [0.15, 0.2) is 0 Å². The molecule has 0 aliphatic heterocycles. The standard InChI is InChI=1S/C20H24BrNO4/c1-19(2,3)25-17(23)22(18(24)26-20(4,5)6)16-12-11-15(21)13-9-7-8-10-14(13)16/h7-12H,1-6H3. The van der Waals surface area contributed by atoms with Crippen LogP contribution in [0.2, 0.25) is 0 Å². The zero-order valence-corrected chi connectivity index (χ0v) is 17.5. The highest BCUT2D eigenvalue weighted by atomic mass is 79.9. The quantitative estimate of drug-likeness (QED) is 0.543. The SMILES string of the molecule is CC(C)(C)OC(=O)N(C(=O)OC(C)(C)C)c1ccc(Br)c2ccccc12. The van der Waals surface area contributed by atoms with Crippen molar-refractivity contribution in [1.82, 2.24) is 0 Å². The van der Waals surface area contributed by atoms with Gasteiger partial charge in [0.1, 0.15) is 11.2 Å². The van der Waals surface area contributed by atoms with Crippen LogP contribution in [0, 0.1) is 0 Å². The van der Waals surface area contributed by atoms with E-state index in [0.29, 0.717) is 5.69 Å². The molecule has 0 spiro atoms. The lowest BCUT2D eigenvalue weighted by atomic mass is 10.1. The highest BCUT2D eigenvalue weighted by Crippen LogP contribution is 2.34. The number of hydrogen-bond acceptors (Lipinski definition) is 4. The third-order valence-corrected chi connectivity index (χ3v) is 3.93. The van der Waals surface area contributed by atoms with Crippen molar-refractivity contribution in [2.24, 2.45) is 0 Å². The van der Waals surface area contributed by atoms with Crippen LogP contribution in [0.15, 0.2) is 40.9 Å². The van der Waals surface area contributed by atoms with Gasteiger partial charge in [0.05, 0.1) is 5.69 Å². The number of benzene rings is 2. The van der Waals surface area contributed by atoms with Crippen molar-refractivity contribution in [2.45, 2.75) is 52.7 Å². The van der Waals surface area contributed by atoms with Gasteiger partial charge in [-0.05, 0) is 59.1 Å². The van der Waals surface area contributed by atoms with Crippen molar-refractivity contribution in [3.8, 4) is 0 Å². The first-order valence-electron chi connectivity index (χ1n) is 8.32. The molecule has 0 saturated heterocycles. The summed E-state index contributed by atoms with van der Waals surface area (Å²) in [7, 11) is 0. The summed E-state index contributed by atoms with van der Waals surface area (Å²) in [5.74, 6) is 0. The number of fused-ring (bicyclic) bond motifs is 1. The zero-order valence-electron chi connectivity index (χ0n) is 15.9. The first-order chi connectivity index (χ1) is 11.9. The van der Waals surface area contributed by atoms with E-state index in [9.17, 15) is 9.59 Å². The Morgan fingerprint density at radius 2 is 1.27 bits per heavy atom. The van der Waals surface area contributed by atoms with Crippen LogP contribution in [0.1, 0.15) is 41.5 Å². The van der Waals surface area contributed by atoms with E-state index in [1.54, 1.807) is 53.7 Å². The molecule has 0 aliphatic rings. The Morgan fingerprint density at radius 3 is 1.73 bits per heavy atom. The van der Waals surface area contributed by atoms with Crippen LogP contribution >= 0.6 is 15.9 Å². The van der Waals surface area contributed by atoms with Crippen molar-refractivity contribution < 1.29 is 19.1 Å². The lowest BCUT2D eigenvalue weighted by molar-refractivity contribution is 0.0431. The molecule has 0 aliphatic carbocycles. The van der Waals surface area contributed by atoms with Crippen molar-refractivity contribution in [1.29, 1.82) is 0 Å². The number of hydrogen-bond donors (Lipinski definition) is 0. The molecule has 0 saturated carbocycles. The van der Waals surface area contributed by atoms with E-state index in [4.69, 9.17) is 9.47 Å². The van der Waals surface area contributed by atoms with E-state index in [0.717, 1.165) is 20.1 Å². The van der Waals surface area contributed by atoms with Crippen molar-refractivity contribution >= 4 is 44.6 Å². The van der Waals surface area contributed by atoms with Gasteiger partial charge in [0, 0.05) is 9.86 Å². The van der Waals surface area contributed by atoms with Crippen LogP contribution in [-0.4, -0.2) is 23.4 Å². The second-order valence-electron chi connectivity index (χ2n) is 7.91. The maximum absolute atomic E-state index is 12.8. The summed E-state index contributed by atoms with van der Waals surface area (Å²) < 4.78 is 11.8. The molecular formula is C20H24BrNO4. The molecule has 0 unspecified atom stereocenters. The minimum Gasteiger partial charge on any atom is -0.443 e. The topological polar surface area (TPSA) is 55.8 Å². The van der Waals surface area contributed by atoms with Crippen LogP contribution in [0.3, 0.4) is 0 Å². The number of imide groups is 1. The molecule has 0 bridgehead atoms. The van der Waals surface area contributed by atoms with Gasteiger partial charge < -0.3 is 9.47 Å². The number of carbonyl (C=O) groups excluding carboxylic acids is 2. The Balaban J connectivity index is 2.59. The van der Waals surface area contributed by atoms with Gasteiger partial charge in [-0.2, -0.15) is 4.90 Å². The van der Waals surface area contributed by atoms with E-state index in [1.165, 1.54) is 0 Å². The van der Waals surface area contributed by atoms with Crippen LogP contribution in [-0.2, 0) is 9.47 Å². The van der Waals surface area contributed by atoms with Crippen LogP contribution in [0.5, 0.6) is 0 Å². The normalized spacial score (nSPS) is 12.0. The summed E-state index contributed by atoms with van der Waals surface area (Å²) in [6.07, 6.45) is -1.56. The van der Waals surface area contributed by atoms with E-state index in [2.05, 4.69) is 15.9 Å². The number of anilines is 1. The molecule has 5 nitrogen and oxygen atoms in total. The van der Waals surface area contributed by atoms with Crippen LogP contribution in [0.4, 0.5) is 15.3 Å². The molecule has 0 aromatic heterocycles. The third kappa shape index (κ3) is 4.97.